The fourth-order valence-corrected chi connectivity index (χ4v) is 4.72. The molecule has 0 aliphatic rings. The van der Waals surface area contributed by atoms with Gasteiger partial charge in [0, 0.05) is 19.5 Å². The lowest BCUT2D eigenvalue weighted by molar-refractivity contribution is -0.890. The Morgan fingerprint density at radius 3 is 1.56 bits per heavy atom. The molecular weight excluding hydrogens is 577 g/mol. The smallest absolute Gasteiger partial charge is 0.391 e. The lowest BCUT2D eigenvalue weighted by Crippen LogP contribution is -2.69. The van der Waals surface area contributed by atoms with Gasteiger partial charge in [-0.3, -0.25) is 4.55 Å². The minimum Gasteiger partial charge on any atom is -0.391 e. The number of aliphatic hydroxyl groups excluding tert-OH is 1. The van der Waals surface area contributed by atoms with Gasteiger partial charge in [0.2, 0.25) is 0 Å². The average molecular weight is 601 g/mol. The Morgan fingerprint density at radius 1 is 0.722 bits per heavy atom. The second-order valence-electron chi connectivity index (χ2n) is 8.24. The van der Waals surface area contributed by atoms with Gasteiger partial charge in [0.1, 0.15) is 6.54 Å². The molecule has 0 saturated carbocycles. The molecule has 36 heavy (non-hydrogen) atoms. The van der Waals surface area contributed by atoms with Crippen molar-refractivity contribution in [1.29, 1.82) is 0 Å². The summed E-state index contributed by atoms with van der Waals surface area (Å²) in [7, 11) is -9.18. The summed E-state index contributed by atoms with van der Waals surface area (Å²) < 4.78 is 200. The third kappa shape index (κ3) is 7.29. The molecule has 0 aliphatic carbocycles. The highest BCUT2D eigenvalue weighted by atomic mass is 32.2. The van der Waals surface area contributed by atoms with Gasteiger partial charge in [-0.05, 0) is 6.42 Å². The van der Waals surface area contributed by atoms with E-state index in [0.29, 0.717) is 0 Å². The molecule has 0 fully saturated rings. The molecule has 0 spiro atoms. The molecule has 0 atom stereocenters. The molecule has 0 aromatic rings. The number of nitrogens with zero attached hydrogens (tertiary/aromatic N) is 2. The number of quaternary nitrogens is 1. The number of aliphatic hydroxyl groups is 1. The highest BCUT2D eigenvalue weighted by molar-refractivity contribution is 7.90. The van der Waals surface area contributed by atoms with Gasteiger partial charge in [-0.1, -0.05) is 0 Å². The zero-order chi connectivity index (χ0) is 29.2. The van der Waals surface area contributed by atoms with Gasteiger partial charge in [0.25, 0.3) is 20.1 Å². The quantitative estimate of drug-likeness (QED) is 0.170. The minimum atomic E-state index is -7.95. The number of hydrogen-bond donors (Lipinski definition) is 2. The van der Waals surface area contributed by atoms with E-state index in [1.807, 2.05) is 0 Å². The maximum atomic E-state index is 14.3. The fourth-order valence-electron chi connectivity index (χ4n) is 2.72. The maximum Gasteiger partial charge on any atom is 0.460 e. The first kappa shape index (κ1) is 35.0. The molecule has 218 valence electrons. The third-order valence-corrected chi connectivity index (χ3v) is 7.61. The number of alkyl halides is 11. The van der Waals surface area contributed by atoms with Crippen molar-refractivity contribution in [1.82, 2.24) is 4.31 Å². The topological polar surface area (TPSA) is 112 Å². The normalized spacial score (nSPS) is 15.6. The molecule has 0 aliphatic heterocycles. The molecule has 0 unspecified atom stereocenters. The summed E-state index contributed by atoms with van der Waals surface area (Å²) in [4.78, 5) is 0. The van der Waals surface area contributed by atoms with Crippen LogP contribution in [0.15, 0.2) is 0 Å². The number of sulfonamides is 1. The van der Waals surface area contributed by atoms with Crippen molar-refractivity contribution < 1.29 is 79.3 Å². The molecule has 21 heteroatoms. The van der Waals surface area contributed by atoms with E-state index in [4.69, 9.17) is 9.66 Å². The standard InChI is InChI=1S/C15H23F11N2O6S2/c1-28(2,8-9-29)7-3-5-27(6-4-10-35(30,31)32)36(33,34)15(25,26)13(20,21)11(16,17)12(18,19)14(22,23)24/h29H,3-10H2,1-2H3/p+1. The molecule has 0 bridgehead atoms. The Labute approximate surface area is 199 Å². The zero-order valence-corrected chi connectivity index (χ0v) is 20.2. The Morgan fingerprint density at radius 2 is 1.17 bits per heavy atom. The highest BCUT2D eigenvalue weighted by Crippen LogP contribution is 2.58. The number of rotatable bonds is 15. The van der Waals surface area contributed by atoms with Gasteiger partial charge in [0.05, 0.1) is 33.0 Å². The summed E-state index contributed by atoms with van der Waals surface area (Å²) in [6.45, 7) is -3.29. The molecule has 0 radical (unpaired) electrons. The summed E-state index contributed by atoms with van der Waals surface area (Å²) in [6.07, 6.45) is -9.09. The average Bonchev–Trinajstić information content (AvgIpc) is 2.64. The van der Waals surface area contributed by atoms with E-state index in [9.17, 15) is 65.1 Å². The van der Waals surface area contributed by atoms with Crippen LogP contribution in [-0.4, -0.2) is 117 Å². The van der Waals surface area contributed by atoms with E-state index in [0.717, 1.165) is 0 Å². The molecule has 0 aromatic heterocycles. The number of hydrogen-bond acceptors (Lipinski definition) is 5. The van der Waals surface area contributed by atoms with Gasteiger partial charge >= 0.3 is 29.2 Å². The van der Waals surface area contributed by atoms with Gasteiger partial charge in [0.15, 0.2) is 0 Å². The summed E-state index contributed by atoms with van der Waals surface area (Å²) in [5, 5.41) is 1.69. The first-order chi connectivity index (χ1) is 15.6. The predicted molar refractivity (Wildman–Crippen MR) is 101 cm³/mol. The molecule has 0 amide bonds. The van der Waals surface area contributed by atoms with Crippen molar-refractivity contribution >= 4 is 20.1 Å². The lowest BCUT2D eigenvalue weighted by Gasteiger charge is -2.38. The van der Waals surface area contributed by atoms with Gasteiger partial charge in [-0.2, -0.15) is 61.0 Å². The van der Waals surface area contributed by atoms with Crippen LogP contribution in [0.5, 0.6) is 0 Å². The molecule has 0 aromatic carbocycles. The van der Waals surface area contributed by atoms with E-state index in [-0.39, 0.29) is 17.6 Å². The second kappa shape index (κ2) is 11.0. The SMILES string of the molecule is C[N+](C)(CCO)CCCN(CCCS(=O)(=O)O)S(=O)(=O)C(F)(F)C(F)(F)C(F)(F)C(F)(F)C(F)(F)F. The Hall–Kier alpha value is -1.03. The van der Waals surface area contributed by atoms with Crippen LogP contribution in [0.4, 0.5) is 48.3 Å². The Bertz CT molecular complexity index is 954. The first-order valence-corrected chi connectivity index (χ1v) is 12.6. The summed E-state index contributed by atoms with van der Waals surface area (Å²) in [5.74, 6) is -24.9. The summed E-state index contributed by atoms with van der Waals surface area (Å²) in [6, 6.07) is 0. The van der Waals surface area contributed by atoms with Crippen LogP contribution in [0.1, 0.15) is 12.8 Å². The van der Waals surface area contributed by atoms with Crippen molar-refractivity contribution in [3.8, 4) is 0 Å². The maximum absolute atomic E-state index is 14.3. The van der Waals surface area contributed by atoms with Crippen LogP contribution in [0.3, 0.4) is 0 Å². The van der Waals surface area contributed by atoms with Crippen LogP contribution in [0, 0.1) is 0 Å². The third-order valence-electron chi connectivity index (χ3n) is 4.86. The van der Waals surface area contributed by atoms with E-state index < -0.39 is 91.9 Å². The van der Waals surface area contributed by atoms with Gasteiger partial charge in [-0.25, -0.2) is 8.42 Å². The molecule has 2 N–H and O–H groups in total. The van der Waals surface area contributed by atoms with Crippen molar-refractivity contribution in [2.75, 3.05) is 52.6 Å². The monoisotopic (exact) mass is 601 g/mol. The number of halogens is 11. The lowest BCUT2D eigenvalue weighted by atomic mass is 10.0. The molecule has 8 nitrogen and oxygen atoms in total. The van der Waals surface area contributed by atoms with E-state index in [1.165, 1.54) is 14.1 Å². The summed E-state index contributed by atoms with van der Waals surface area (Å²) >= 11 is 0. The molecule has 0 heterocycles. The van der Waals surface area contributed by atoms with E-state index in [1.54, 1.807) is 0 Å². The summed E-state index contributed by atoms with van der Waals surface area (Å²) in [5.41, 5.74) is 0. The van der Waals surface area contributed by atoms with E-state index >= 15 is 0 Å². The van der Waals surface area contributed by atoms with Crippen LogP contribution < -0.4 is 0 Å². The fraction of sp³-hybridized carbons (Fsp3) is 1.00. The second-order valence-corrected chi connectivity index (χ2v) is 11.8. The van der Waals surface area contributed by atoms with Crippen LogP contribution in [0.25, 0.3) is 0 Å². The van der Waals surface area contributed by atoms with Crippen LogP contribution in [0.2, 0.25) is 0 Å². The largest absolute Gasteiger partial charge is 0.460 e. The highest BCUT2D eigenvalue weighted by Gasteiger charge is 2.89. The van der Waals surface area contributed by atoms with Gasteiger partial charge in [-0.15, -0.1) is 0 Å². The minimum absolute atomic E-state index is 0.00246. The van der Waals surface area contributed by atoms with Crippen LogP contribution in [-0.2, 0) is 20.1 Å². The van der Waals surface area contributed by atoms with Crippen molar-refractivity contribution in [3.05, 3.63) is 0 Å². The van der Waals surface area contributed by atoms with Crippen LogP contribution >= 0.6 is 0 Å². The van der Waals surface area contributed by atoms with Crippen molar-refractivity contribution in [2.45, 2.75) is 42.0 Å². The first-order valence-electron chi connectivity index (χ1n) is 9.58. The molecule has 0 saturated heterocycles. The van der Waals surface area contributed by atoms with Gasteiger partial charge < -0.3 is 9.59 Å². The number of likely N-dealkylation sites (N-methyl/N-ethyl adjacent to an activating group) is 1. The van der Waals surface area contributed by atoms with Crippen molar-refractivity contribution in [3.63, 3.8) is 0 Å². The molecule has 0 rings (SSSR count). The Balaban J connectivity index is 6.39. The zero-order valence-electron chi connectivity index (χ0n) is 18.6. The van der Waals surface area contributed by atoms with E-state index in [2.05, 4.69) is 0 Å². The predicted octanol–water partition coefficient (Wildman–Crippen LogP) is 2.42. The van der Waals surface area contributed by atoms with Crippen molar-refractivity contribution in [2.24, 2.45) is 0 Å². The molecular formula is C15H24F11N2O6S2+. The Kier molecular flexibility index (Phi) is 10.7.